The maximum absolute atomic E-state index is 10.9. The van der Waals surface area contributed by atoms with Crippen molar-refractivity contribution in [2.75, 3.05) is 5.73 Å². The van der Waals surface area contributed by atoms with Gasteiger partial charge < -0.3 is 17.2 Å². The highest BCUT2D eigenvalue weighted by molar-refractivity contribution is 9.10. The van der Waals surface area contributed by atoms with Gasteiger partial charge in [0.25, 0.3) is 0 Å². The van der Waals surface area contributed by atoms with Crippen molar-refractivity contribution in [3.05, 3.63) is 27.7 Å². The predicted octanol–water partition coefficient (Wildman–Crippen LogP) is 0.229. The van der Waals surface area contributed by atoms with Gasteiger partial charge in [-0.2, -0.15) is 0 Å². The molecule has 0 aliphatic carbocycles. The zero-order chi connectivity index (χ0) is 10.9. The number of carbonyl (C=O) groups excluding carboxylic acids is 2. The van der Waals surface area contributed by atoms with Gasteiger partial charge in [0.05, 0.1) is 11.1 Å². The van der Waals surface area contributed by atoms with E-state index in [2.05, 4.69) is 15.9 Å². The molecule has 0 saturated heterocycles. The van der Waals surface area contributed by atoms with Crippen molar-refractivity contribution in [3.63, 3.8) is 0 Å². The van der Waals surface area contributed by atoms with Crippen molar-refractivity contribution < 1.29 is 9.59 Å². The third-order valence-electron chi connectivity index (χ3n) is 1.67. The number of primary amides is 2. The lowest BCUT2D eigenvalue weighted by molar-refractivity contribution is 0.0967. The summed E-state index contributed by atoms with van der Waals surface area (Å²) >= 11 is 3.11. The Hall–Kier alpha value is -1.56. The SMILES string of the molecule is NC(=O)c1cc(N)c(Br)cc1C(N)=O. The molecule has 0 spiro atoms. The summed E-state index contributed by atoms with van der Waals surface area (Å²) in [4.78, 5) is 21.9. The number of nitrogen functional groups attached to an aromatic ring is 1. The van der Waals surface area contributed by atoms with Crippen LogP contribution in [0.3, 0.4) is 0 Å². The van der Waals surface area contributed by atoms with E-state index in [0.717, 1.165) is 0 Å². The predicted molar refractivity (Wildman–Crippen MR) is 55.6 cm³/mol. The highest BCUT2D eigenvalue weighted by atomic mass is 79.9. The molecule has 0 bridgehead atoms. The van der Waals surface area contributed by atoms with Crippen LogP contribution in [0, 0.1) is 0 Å². The molecule has 14 heavy (non-hydrogen) atoms. The molecular weight excluding hydrogens is 250 g/mol. The van der Waals surface area contributed by atoms with E-state index < -0.39 is 11.8 Å². The van der Waals surface area contributed by atoms with Crippen molar-refractivity contribution in [1.82, 2.24) is 0 Å². The molecule has 0 aliphatic heterocycles. The summed E-state index contributed by atoms with van der Waals surface area (Å²) in [6, 6.07) is 2.68. The Balaban J connectivity index is 3.46. The first-order chi connectivity index (χ1) is 6.43. The lowest BCUT2D eigenvalue weighted by Gasteiger charge is -2.06. The fourth-order valence-electron chi connectivity index (χ4n) is 0.998. The zero-order valence-corrected chi connectivity index (χ0v) is 8.67. The van der Waals surface area contributed by atoms with Gasteiger partial charge in [0.1, 0.15) is 0 Å². The number of hydrogen-bond acceptors (Lipinski definition) is 3. The minimum Gasteiger partial charge on any atom is -0.398 e. The number of carbonyl (C=O) groups is 2. The van der Waals surface area contributed by atoms with Gasteiger partial charge in [-0.05, 0) is 28.1 Å². The average molecular weight is 258 g/mol. The standard InChI is InChI=1S/C8H8BrN3O2/c9-5-1-3(7(11)13)4(8(12)14)2-6(5)10/h1-2H,10H2,(H2,11,13)(H2,12,14). The van der Waals surface area contributed by atoms with Gasteiger partial charge in [-0.15, -0.1) is 0 Å². The number of nitrogens with two attached hydrogens (primary N) is 3. The van der Waals surface area contributed by atoms with E-state index in [1.165, 1.54) is 12.1 Å². The molecule has 5 nitrogen and oxygen atoms in total. The van der Waals surface area contributed by atoms with Gasteiger partial charge in [0.2, 0.25) is 11.8 Å². The topological polar surface area (TPSA) is 112 Å². The third-order valence-corrected chi connectivity index (χ3v) is 2.35. The highest BCUT2D eigenvalue weighted by Crippen LogP contribution is 2.23. The van der Waals surface area contributed by atoms with Gasteiger partial charge in [-0.25, -0.2) is 0 Å². The molecule has 0 radical (unpaired) electrons. The minimum absolute atomic E-state index is 0.0261. The Bertz CT molecular complexity index is 378. The first kappa shape index (κ1) is 10.5. The molecule has 0 fully saturated rings. The molecule has 1 aromatic carbocycles. The van der Waals surface area contributed by atoms with Gasteiger partial charge in [-0.3, -0.25) is 9.59 Å². The van der Waals surface area contributed by atoms with Crippen LogP contribution in [0.1, 0.15) is 20.7 Å². The minimum atomic E-state index is -0.738. The van der Waals surface area contributed by atoms with Crippen LogP contribution >= 0.6 is 15.9 Å². The molecule has 6 N–H and O–H groups in total. The Morgan fingerprint density at radius 1 is 1.07 bits per heavy atom. The molecule has 6 heteroatoms. The first-order valence-electron chi connectivity index (χ1n) is 3.62. The molecule has 0 aromatic heterocycles. The third kappa shape index (κ3) is 1.85. The van der Waals surface area contributed by atoms with E-state index in [4.69, 9.17) is 17.2 Å². The quantitative estimate of drug-likeness (QED) is 0.660. The second-order valence-electron chi connectivity index (χ2n) is 2.65. The second-order valence-corrected chi connectivity index (χ2v) is 3.50. The number of rotatable bonds is 2. The van der Waals surface area contributed by atoms with Gasteiger partial charge >= 0.3 is 0 Å². The zero-order valence-electron chi connectivity index (χ0n) is 7.08. The monoisotopic (exact) mass is 257 g/mol. The molecule has 0 heterocycles. The molecular formula is C8H8BrN3O2. The van der Waals surface area contributed by atoms with E-state index in [1.54, 1.807) is 0 Å². The summed E-state index contributed by atoms with van der Waals surface area (Å²) in [5, 5.41) is 0. The van der Waals surface area contributed by atoms with Crippen LogP contribution in [-0.4, -0.2) is 11.8 Å². The number of halogens is 1. The molecule has 1 rings (SSSR count). The fraction of sp³-hybridized carbons (Fsp3) is 0. The van der Waals surface area contributed by atoms with Gasteiger partial charge in [0, 0.05) is 10.2 Å². The lowest BCUT2D eigenvalue weighted by Crippen LogP contribution is -2.21. The second kappa shape index (κ2) is 3.67. The Morgan fingerprint density at radius 2 is 1.50 bits per heavy atom. The van der Waals surface area contributed by atoms with Crippen LogP contribution in [-0.2, 0) is 0 Å². The van der Waals surface area contributed by atoms with Crippen LogP contribution in [0.4, 0.5) is 5.69 Å². The molecule has 2 amide bonds. The maximum Gasteiger partial charge on any atom is 0.249 e. The highest BCUT2D eigenvalue weighted by Gasteiger charge is 2.14. The molecule has 74 valence electrons. The van der Waals surface area contributed by atoms with E-state index >= 15 is 0 Å². The first-order valence-corrected chi connectivity index (χ1v) is 4.41. The maximum atomic E-state index is 10.9. The number of benzene rings is 1. The summed E-state index contributed by atoms with van der Waals surface area (Å²) < 4.78 is 0.497. The van der Waals surface area contributed by atoms with E-state index in [-0.39, 0.29) is 11.1 Å². The Labute approximate surface area is 88.4 Å². The summed E-state index contributed by atoms with van der Waals surface area (Å²) in [6.07, 6.45) is 0. The van der Waals surface area contributed by atoms with E-state index in [1.807, 2.05) is 0 Å². The number of hydrogen-bond donors (Lipinski definition) is 3. The van der Waals surface area contributed by atoms with Gasteiger partial charge in [-0.1, -0.05) is 0 Å². The van der Waals surface area contributed by atoms with Crippen molar-refractivity contribution in [1.29, 1.82) is 0 Å². The van der Waals surface area contributed by atoms with Crippen LogP contribution in [0.15, 0.2) is 16.6 Å². The van der Waals surface area contributed by atoms with Crippen molar-refractivity contribution in [2.24, 2.45) is 11.5 Å². The summed E-state index contributed by atoms with van der Waals surface area (Å²) in [5.74, 6) is -1.46. The van der Waals surface area contributed by atoms with Gasteiger partial charge in [0.15, 0.2) is 0 Å². The van der Waals surface area contributed by atoms with Crippen molar-refractivity contribution >= 4 is 33.4 Å². The Kier molecular flexibility index (Phi) is 2.76. The molecule has 0 atom stereocenters. The smallest absolute Gasteiger partial charge is 0.249 e. The number of amides is 2. The number of anilines is 1. The molecule has 0 aliphatic rings. The molecule has 0 unspecified atom stereocenters. The van der Waals surface area contributed by atoms with E-state index in [0.29, 0.717) is 10.2 Å². The van der Waals surface area contributed by atoms with Crippen molar-refractivity contribution in [2.45, 2.75) is 0 Å². The van der Waals surface area contributed by atoms with Crippen LogP contribution < -0.4 is 17.2 Å². The summed E-state index contributed by atoms with van der Waals surface area (Å²) in [7, 11) is 0. The molecule has 0 saturated carbocycles. The molecule has 1 aromatic rings. The van der Waals surface area contributed by atoms with E-state index in [9.17, 15) is 9.59 Å². The fourth-order valence-corrected chi connectivity index (χ4v) is 1.34. The lowest BCUT2D eigenvalue weighted by atomic mass is 10.1. The summed E-state index contributed by atoms with van der Waals surface area (Å²) in [6.45, 7) is 0. The van der Waals surface area contributed by atoms with Crippen LogP contribution in [0.2, 0.25) is 0 Å². The Morgan fingerprint density at radius 3 is 1.93 bits per heavy atom. The van der Waals surface area contributed by atoms with Crippen LogP contribution in [0.5, 0.6) is 0 Å². The largest absolute Gasteiger partial charge is 0.398 e. The average Bonchev–Trinajstić information content (AvgIpc) is 2.08. The van der Waals surface area contributed by atoms with Crippen molar-refractivity contribution in [3.8, 4) is 0 Å². The summed E-state index contributed by atoms with van der Waals surface area (Å²) in [5.41, 5.74) is 16.0. The van der Waals surface area contributed by atoms with Crippen LogP contribution in [0.25, 0.3) is 0 Å². The normalized spacial score (nSPS) is 9.79.